The van der Waals surface area contributed by atoms with Crippen LogP contribution in [-0.2, 0) is 60.8 Å². The number of carbonyl (C=O) groups excluding carboxylic acids is 8. The van der Waals surface area contributed by atoms with Crippen LogP contribution in [0.15, 0.2) is 60.8 Å². The normalized spacial score (nSPS) is 15.7. The lowest BCUT2D eigenvalue weighted by Crippen LogP contribution is -2.61. The van der Waals surface area contributed by atoms with E-state index in [-0.39, 0.29) is 25.2 Å². The zero-order chi connectivity index (χ0) is 55.4. The predicted molar refractivity (Wildman–Crippen MR) is 266 cm³/mol. The molecule has 0 bridgehead atoms. The van der Waals surface area contributed by atoms with Crippen molar-refractivity contribution in [3.05, 3.63) is 71.9 Å². The van der Waals surface area contributed by atoms with Crippen LogP contribution in [0.1, 0.15) is 71.9 Å². The SMILES string of the molecule is CC[C@H](C)[C@H](NC(=O)[C@H](Cc1c[nH]c2ccccc12)NC(=O)[C@@H](NC(=O)CNC(=O)[C@H](CC(=O)O)NC(=O)[C@H](Cc1ccccc1)NC(=O)[C@@H](NC(=O)[C@@H](N)CC(C)C)[C@@H](C)O)[C@@H](C)O)C(=O)N[C@@H](CO)C(=O)O. The highest BCUT2D eigenvalue weighted by Crippen LogP contribution is 2.20. The molecule has 0 aliphatic heterocycles. The summed E-state index contributed by atoms with van der Waals surface area (Å²) in [4.78, 5) is 135. The summed E-state index contributed by atoms with van der Waals surface area (Å²) in [5.41, 5.74) is 7.70. The lowest BCUT2D eigenvalue weighted by atomic mass is 9.96. The molecule has 2 aromatic carbocycles. The van der Waals surface area contributed by atoms with Crippen molar-refractivity contribution in [2.24, 2.45) is 17.6 Å². The lowest BCUT2D eigenvalue weighted by Gasteiger charge is -2.29. The number of aliphatic hydroxyl groups excluding tert-OH is 3. The molecular weight excluding hydrogens is 969 g/mol. The van der Waals surface area contributed by atoms with E-state index in [1.807, 2.05) is 13.8 Å². The van der Waals surface area contributed by atoms with Crippen LogP contribution < -0.4 is 48.3 Å². The third-order valence-electron chi connectivity index (χ3n) is 11.9. The first-order valence-electron chi connectivity index (χ1n) is 24.0. The Morgan fingerprint density at radius 3 is 1.66 bits per heavy atom. The number of benzene rings is 2. The summed E-state index contributed by atoms with van der Waals surface area (Å²) in [7, 11) is 0. The molecule has 0 unspecified atom stereocenters. The van der Waals surface area contributed by atoms with Gasteiger partial charge in [0.25, 0.3) is 0 Å². The van der Waals surface area contributed by atoms with E-state index in [0.29, 0.717) is 28.5 Å². The first-order valence-corrected chi connectivity index (χ1v) is 24.0. The summed E-state index contributed by atoms with van der Waals surface area (Å²) in [5.74, 6) is -11.7. The van der Waals surface area contributed by atoms with Gasteiger partial charge in [-0.05, 0) is 49.3 Å². The first-order chi connectivity index (χ1) is 34.9. The Morgan fingerprint density at radius 2 is 1.11 bits per heavy atom. The number of carboxylic acids is 2. The van der Waals surface area contributed by atoms with Crippen molar-refractivity contribution in [3.63, 3.8) is 0 Å². The Hall–Kier alpha value is -7.48. The number of carboxylic acid groups (broad SMARTS) is 2. The molecule has 0 aliphatic rings. The van der Waals surface area contributed by atoms with Crippen molar-refractivity contribution in [2.45, 2.75) is 134 Å². The number of aromatic nitrogens is 1. The molecule has 25 heteroatoms. The van der Waals surface area contributed by atoms with Gasteiger partial charge in [-0.1, -0.05) is 82.6 Å². The molecular formula is C49H70N10O15. The molecule has 25 nitrogen and oxygen atoms in total. The smallest absolute Gasteiger partial charge is 0.328 e. The van der Waals surface area contributed by atoms with Crippen molar-refractivity contribution >= 4 is 70.1 Å². The van der Waals surface area contributed by atoms with E-state index >= 15 is 0 Å². The molecule has 0 fully saturated rings. The monoisotopic (exact) mass is 1040 g/mol. The number of nitrogens with two attached hydrogens (primary N) is 1. The third kappa shape index (κ3) is 18.8. The average Bonchev–Trinajstić information content (AvgIpc) is 3.75. The van der Waals surface area contributed by atoms with Crippen LogP contribution in [0.4, 0.5) is 0 Å². The largest absolute Gasteiger partial charge is 0.481 e. The summed E-state index contributed by atoms with van der Waals surface area (Å²) in [5, 5.41) is 69.3. The Morgan fingerprint density at radius 1 is 0.595 bits per heavy atom. The van der Waals surface area contributed by atoms with Crippen LogP contribution in [-0.4, -0.2) is 163 Å². The highest BCUT2D eigenvalue weighted by Gasteiger charge is 2.37. The summed E-state index contributed by atoms with van der Waals surface area (Å²) in [6, 6.07) is 2.86. The van der Waals surface area contributed by atoms with E-state index in [2.05, 4.69) is 47.5 Å². The molecule has 8 amide bonds. The second-order valence-corrected chi connectivity index (χ2v) is 18.5. The number of hydrogen-bond donors (Lipinski definition) is 15. The van der Waals surface area contributed by atoms with Crippen molar-refractivity contribution in [1.82, 2.24) is 47.5 Å². The van der Waals surface area contributed by atoms with E-state index in [1.54, 1.807) is 74.6 Å². The minimum absolute atomic E-state index is 0.0194. The van der Waals surface area contributed by atoms with Gasteiger partial charge in [0, 0.05) is 29.9 Å². The van der Waals surface area contributed by atoms with E-state index in [0.717, 1.165) is 6.92 Å². The summed E-state index contributed by atoms with van der Waals surface area (Å²) in [6.45, 7) is 7.45. The molecule has 11 atom stereocenters. The van der Waals surface area contributed by atoms with Crippen molar-refractivity contribution < 1.29 is 73.5 Å². The zero-order valence-corrected chi connectivity index (χ0v) is 42.0. The van der Waals surface area contributed by atoms with Gasteiger partial charge in [0.15, 0.2) is 0 Å². The molecule has 0 saturated carbocycles. The van der Waals surface area contributed by atoms with Gasteiger partial charge in [0.2, 0.25) is 47.3 Å². The topological polar surface area (TPSA) is 410 Å². The second-order valence-electron chi connectivity index (χ2n) is 18.5. The number of para-hydroxylation sites is 1. The Balaban J connectivity index is 1.82. The number of H-pyrrole nitrogens is 1. The van der Waals surface area contributed by atoms with E-state index in [9.17, 15) is 73.5 Å². The van der Waals surface area contributed by atoms with Gasteiger partial charge >= 0.3 is 11.9 Å². The van der Waals surface area contributed by atoms with Crippen LogP contribution in [0.25, 0.3) is 10.9 Å². The number of hydrogen-bond acceptors (Lipinski definition) is 14. The number of fused-ring (bicyclic) bond motifs is 1. The fourth-order valence-electron chi connectivity index (χ4n) is 7.57. The highest BCUT2D eigenvalue weighted by molar-refractivity contribution is 5.99. The van der Waals surface area contributed by atoms with Gasteiger partial charge in [-0.25, -0.2) is 4.79 Å². The Labute approximate surface area is 426 Å². The first kappa shape index (κ1) is 60.8. The summed E-state index contributed by atoms with van der Waals surface area (Å²) in [6.07, 6.45) is -2.40. The second kappa shape index (κ2) is 29.3. The molecule has 16 N–H and O–H groups in total. The molecule has 1 heterocycles. The van der Waals surface area contributed by atoms with Crippen LogP contribution in [0.5, 0.6) is 0 Å². The molecule has 0 saturated heterocycles. The lowest BCUT2D eigenvalue weighted by molar-refractivity contribution is -0.143. The number of rotatable bonds is 30. The number of aliphatic hydroxyl groups is 3. The van der Waals surface area contributed by atoms with Gasteiger partial charge in [-0.2, -0.15) is 0 Å². The number of aliphatic carboxylic acids is 2. The van der Waals surface area contributed by atoms with Gasteiger partial charge in [0.1, 0.15) is 42.3 Å². The van der Waals surface area contributed by atoms with Crippen LogP contribution in [0, 0.1) is 11.8 Å². The number of nitrogens with one attached hydrogen (secondary N) is 9. The van der Waals surface area contributed by atoms with Crippen molar-refractivity contribution in [1.29, 1.82) is 0 Å². The average molecular weight is 1040 g/mol. The quantitative estimate of drug-likeness (QED) is 0.0321. The summed E-state index contributed by atoms with van der Waals surface area (Å²) >= 11 is 0. The van der Waals surface area contributed by atoms with Gasteiger partial charge in [0.05, 0.1) is 37.8 Å². The maximum Gasteiger partial charge on any atom is 0.328 e. The molecule has 74 heavy (non-hydrogen) atoms. The fraction of sp³-hybridized carbons (Fsp3) is 0.510. The third-order valence-corrected chi connectivity index (χ3v) is 11.9. The fourth-order valence-corrected chi connectivity index (χ4v) is 7.57. The maximum absolute atomic E-state index is 14.1. The zero-order valence-electron chi connectivity index (χ0n) is 42.0. The number of amides is 8. The van der Waals surface area contributed by atoms with Crippen molar-refractivity contribution in [2.75, 3.05) is 13.2 Å². The minimum atomic E-state index is -1.87. The predicted octanol–water partition coefficient (Wildman–Crippen LogP) is -2.80. The molecule has 3 rings (SSSR count). The molecule has 0 aliphatic carbocycles. The number of aromatic amines is 1. The van der Waals surface area contributed by atoms with Crippen molar-refractivity contribution in [3.8, 4) is 0 Å². The van der Waals surface area contributed by atoms with E-state index in [4.69, 9.17) is 5.73 Å². The summed E-state index contributed by atoms with van der Waals surface area (Å²) < 4.78 is 0. The van der Waals surface area contributed by atoms with Gasteiger partial charge in [-0.15, -0.1) is 0 Å². The van der Waals surface area contributed by atoms with Crippen LogP contribution >= 0.6 is 0 Å². The standard InChI is InChI=1S/C49H70N10O15/c1-7-25(4)39(46(70)56-36(23-60)49(73)74)58-45(69)34(19-29-21-51-32-16-12-11-15-30(29)32)55-47(71)40(26(5)61)57-37(63)22-52-43(67)35(20-38(64)65)53-44(68)33(18-28-13-9-8-10-14-28)54-48(72)41(27(6)62)59-42(66)31(50)17-24(2)3/h8-16,21,24-27,31,33-36,39-41,51,60-62H,7,17-20,22-23,50H2,1-6H3,(H,52,67)(H,53,68)(H,54,72)(H,55,71)(H,56,70)(H,57,63)(H,58,69)(H,59,66)(H,64,65)(H,73,74)/t25-,26+,27+,31-,33-,34-,35-,36-,39-,40-,41-/m0/s1. The minimum Gasteiger partial charge on any atom is -0.481 e. The maximum atomic E-state index is 14.1. The van der Waals surface area contributed by atoms with Gasteiger partial charge in [-0.3, -0.25) is 43.2 Å². The van der Waals surface area contributed by atoms with E-state index < -0.39 is 145 Å². The van der Waals surface area contributed by atoms with Crippen LogP contribution in [0.3, 0.4) is 0 Å². The highest BCUT2D eigenvalue weighted by atomic mass is 16.4. The molecule has 3 aromatic rings. The Kier molecular flexibility index (Phi) is 24.1. The molecule has 1 aromatic heterocycles. The van der Waals surface area contributed by atoms with Crippen LogP contribution in [0.2, 0.25) is 0 Å². The molecule has 406 valence electrons. The molecule has 0 radical (unpaired) electrons. The van der Waals surface area contributed by atoms with Gasteiger partial charge < -0.3 is 78.8 Å². The van der Waals surface area contributed by atoms with E-state index in [1.165, 1.54) is 6.92 Å². The number of carbonyl (C=O) groups is 10. The molecule has 0 spiro atoms. The Bertz CT molecular complexity index is 2430.